The van der Waals surface area contributed by atoms with Gasteiger partial charge in [-0.15, -0.1) is 6.58 Å². The minimum absolute atomic E-state index is 0.0445. The minimum atomic E-state index is -3.18. The Morgan fingerprint density at radius 2 is 1.02 bits per heavy atom. The molecule has 2 heterocycles. The number of benzene rings is 4. The number of nitrogens with one attached hydrogen (secondary N) is 1. The third-order valence-electron chi connectivity index (χ3n) is 12.1. The number of aliphatic hydroxyl groups is 4. The second kappa shape index (κ2) is 23.2. The summed E-state index contributed by atoms with van der Waals surface area (Å²) in [7, 11) is -6.33. The summed E-state index contributed by atoms with van der Waals surface area (Å²) in [6, 6.07) is 38.9. The molecule has 4 aromatic rings. The number of hydrogen-bond donors (Lipinski definition) is 5. The number of halogens is 1. The molecule has 15 heteroatoms. The fraction of sp³-hybridized carbons (Fsp3) is 0.460. The van der Waals surface area contributed by atoms with Crippen LogP contribution in [0.1, 0.15) is 48.5 Å². The molecule has 354 valence electrons. The normalized spacial score (nSPS) is 26.4. The fourth-order valence-corrected chi connectivity index (χ4v) is 18.3. The van der Waals surface area contributed by atoms with E-state index >= 15 is 0 Å². The Morgan fingerprint density at radius 3 is 1.38 bits per heavy atom. The monoisotopic (exact) mass is 1040 g/mol. The summed E-state index contributed by atoms with van der Waals surface area (Å²) in [5, 5.41) is 52.7. The second-order valence-corrected chi connectivity index (χ2v) is 27.1. The fourth-order valence-electron chi connectivity index (χ4n) is 9.17. The Balaban J connectivity index is 0.00000391. The number of rotatable bonds is 16. The highest BCUT2D eigenvalue weighted by molar-refractivity contribution is 14.1. The van der Waals surface area contributed by atoms with Gasteiger partial charge in [0, 0.05) is 6.92 Å². The molecule has 2 aliphatic heterocycles. The Bertz CT molecular complexity index is 1980. The Kier molecular flexibility index (Phi) is 18.9. The third kappa shape index (κ3) is 11.6. The molecule has 0 aromatic heterocycles. The van der Waals surface area contributed by atoms with Crippen molar-refractivity contribution in [3.05, 3.63) is 134 Å². The molecular weight excluding hydrogens is 974 g/mol. The smallest absolute Gasteiger partial charge is 0.261 e. The van der Waals surface area contributed by atoms with Gasteiger partial charge in [-0.1, -0.05) is 192 Å². The van der Waals surface area contributed by atoms with Crippen LogP contribution in [-0.2, 0) is 32.6 Å². The maximum atomic E-state index is 12.6. The number of carbonyl (C=O) groups excluding carboxylic acids is 1. The van der Waals surface area contributed by atoms with Crippen molar-refractivity contribution >= 4 is 65.9 Å². The molecule has 10 atom stereocenters. The molecule has 4 aromatic carbocycles. The lowest BCUT2D eigenvalue weighted by molar-refractivity contribution is -0.347. The van der Waals surface area contributed by atoms with Crippen LogP contribution in [0.4, 0.5) is 0 Å². The lowest BCUT2D eigenvalue weighted by Gasteiger charge is -2.49. The van der Waals surface area contributed by atoms with Gasteiger partial charge in [-0.3, -0.25) is 4.79 Å². The quantitative estimate of drug-likeness (QED) is 0.0474. The summed E-state index contributed by atoms with van der Waals surface area (Å²) >= 11 is 2.15. The van der Waals surface area contributed by atoms with E-state index in [4.69, 9.17) is 27.8 Å². The van der Waals surface area contributed by atoms with Gasteiger partial charge in [-0.25, -0.2) is 0 Å². The van der Waals surface area contributed by atoms with Gasteiger partial charge in [0.2, 0.25) is 5.91 Å². The van der Waals surface area contributed by atoms with E-state index in [0.29, 0.717) is 0 Å². The summed E-state index contributed by atoms with van der Waals surface area (Å²) in [6.07, 6.45) is -11.4. The zero-order valence-corrected chi connectivity index (χ0v) is 42.9. The van der Waals surface area contributed by atoms with E-state index in [1.165, 1.54) is 13.0 Å². The highest BCUT2D eigenvalue weighted by Gasteiger charge is 2.56. The van der Waals surface area contributed by atoms with Crippen LogP contribution in [0.5, 0.6) is 0 Å². The highest BCUT2D eigenvalue weighted by atomic mass is 127. The lowest BCUT2D eigenvalue weighted by Crippen LogP contribution is -2.70. The van der Waals surface area contributed by atoms with E-state index < -0.39 is 94.0 Å². The van der Waals surface area contributed by atoms with Crippen LogP contribution in [0.3, 0.4) is 0 Å². The average Bonchev–Trinajstić information content (AvgIpc) is 3.29. The molecule has 0 spiro atoms. The Labute approximate surface area is 400 Å². The molecule has 0 aliphatic carbocycles. The van der Waals surface area contributed by atoms with Gasteiger partial charge in [0.15, 0.2) is 12.6 Å². The highest BCUT2D eigenvalue weighted by Crippen LogP contribution is 2.40. The first-order valence-electron chi connectivity index (χ1n) is 22.0. The molecule has 2 aliphatic rings. The van der Waals surface area contributed by atoms with E-state index in [0.717, 1.165) is 20.7 Å². The molecule has 0 saturated carbocycles. The van der Waals surface area contributed by atoms with Crippen LogP contribution >= 0.6 is 22.6 Å². The molecule has 6 rings (SSSR count). The molecule has 0 radical (unpaired) electrons. The van der Waals surface area contributed by atoms with Crippen LogP contribution in [0.25, 0.3) is 0 Å². The third-order valence-corrected chi connectivity index (χ3v) is 22.2. The SMILES string of the molecule is C=CCO[C@@H]1OC(CO[Si](c2ccccc2)(c2ccccc2)C(C)(C)C)[C@@H](O[C@@H]2OC(CO[Si](c3ccccc3)(c3ccccc3)C(C)(C)C)[C@H](O)[C@H](O)C2O)[C@H](O)C1NC(C)=O.CI. The predicted octanol–water partition coefficient (Wildman–Crippen LogP) is 4.18. The summed E-state index contributed by atoms with van der Waals surface area (Å²) in [5.41, 5.74) is 0. The largest absolute Gasteiger partial charge is 0.405 e. The van der Waals surface area contributed by atoms with Gasteiger partial charge in [-0.2, -0.15) is 0 Å². The van der Waals surface area contributed by atoms with Crippen molar-refractivity contribution in [1.82, 2.24) is 5.32 Å². The van der Waals surface area contributed by atoms with Gasteiger partial charge < -0.3 is 53.5 Å². The minimum Gasteiger partial charge on any atom is -0.405 e. The molecule has 12 nitrogen and oxygen atoms in total. The van der Waals surface area contributed by atoms with E-state index in [2.05, 4.69) is 100 Å². The van der Waals surface area contributed by atoms with Crippen molar-refractivity contribution in [3.63, 3.8) is 0 Å². The maximum Gasteiger partial charge on any atom is 0.261 e. The van der Waals surface area contributed by atoms with Gasteiger partial charge in [0.05, 0.1) is 19.8 Å². The number of amides is 1. The number of carbonyl (C=O) groups is 1. The molecular formula is C50H68INO11Si2. The van der Waals surface area contributed by atoms with E-state index in [1.54, 1.807) is 0 Å². The Morgan fingerprint density at radius 1 is 0.631 bits per heavy atom. The summed E-state index contributed by atoms with van der Waals surface area (Å²) < 4.78 is 39.9. The van der Waals surface area contributed by atoms with Crippen LogP contribution in [-0.4, -0.2) is 129 Å². The summed E-state index contributed by atoms with van der Waals surface area (Å²) in [5.74, 6) is -0.455. The Hall–Kier alpha value is -3.15. The maximum absolute atomic E-state index is 12.6. The molecule has 4 unspecified atom stereocenters. The van der Waals surface area contributed by atoms with Crippen molar-refractivity contribution in [2.24, 2.45) is 0 Å². The van der Waals surface area contributed by atoms with Crippen LogP contribution in [0, 0.1) is 0 Å². The van der Waals surface area contributed by atoms with Gasteiger partial charge >= 0.3 is 0 Å². The predicted molar refractivity (Wildman–Crippen MR) is 267 cm³/mol. The van der Waals surface area contributed by atoms with E-state index in [9.17, 15) is 25.2 Å². The van der Waals surface area contributed by atoms with E-state index in [-0.39, 0.29) is 19.8 Å². The van der Waals surface area contributed by atoms with Gasteiger partial charge in [0.1, 0.15) is 48.8 Å². The molecule has 2 fully saturated rings. The van der Waals surface area contributed by atoms with Crippen LogP contribution in [0.2, 0.25) is 10.1 Å². The topological polar surface area (TPSA) is 165 Å². The zero-order valence-electron chi connectivity index (χ0n) is 38.8. The van der Waals surface area contributed by atoms with Gasteiger partial charge in [-0.05, 0) is 35.8 Å². The molecule has 2 saturated heterocycles. The number of hydrogen-bond acceptors (Lipinski definition) is 11. The number of alkyl halides is 1. The first-order valence-corrected chi connectivity index (χ1v) is 28.0. The molecule has 0 bridgehead atoms. The number of ether oxygens (including phenoxy) is 4. The molecule has 1 amide bonds. The van der Waals surface area contributed by atoms with Crippen LogP contribution < -0.4 is 26.1 Å². The molecule has 5 N–H and O–H groups in total. The van der Waals surface area contributed by atoms with E-state index in [1.807, 2.05) is 102 Å². The zero-order chi connectivity index (χ0) is 47.6. The standard InChI is InChI=1S/C49H65NO11Si2.CH3I/c1-9-30-56-46-40(50-33(2)51)42(53)45(39(60-46)32-58-63(49(6,7)8,36-26-18-12-19-27-36)37-28-20-13-21-29-37)61-47-44(55)43(54)41(52)38(59-47)31-57-62(48(3,4)5,34-22-14-10-15-23-34)35-24-16-11-17-25-35;1-2/h9-29,38-47,52-55H,1,30-32H2,2-8H3,(H,50,51);1H3/t38?,39?,40?,41-,42+,43-,44?,45+,46+,47-;/m0./s1. The first kappa shape index (κ1) is 52.8. The van der Waals surface area contributed by atoms with Gasteiger partial charge in [0.25, 0.3) is 16.6 Å². The van der Waals surface area contributed by atoms with Crippen molar-refractivity contribution in [3.8, 4) is 0 Å². The lowest BCUT2D eigenvalue weighted by atomic mass is 9.95. The number of aliphatic hydroxyl groups excluding tert-OH is 4. The first-order chi connectivity index (χ1) is 31.0. The van der Waals surface area contributed by atoms with Crippen molar-refractivity contribution in [2.75, 3.05) is 24.8 Å². The van der Waals surface area contributed by atoms with Crippen molar-refractivity contribution in [1.29, 1.82) is 0 Å². The molecule has 65 heavy (non-hydrogen) atoms. The average molecular weight is 1040 g/mol. The second-order valence-electron chi connectivity index (χ2n) is 18.4. The van der Waals surface area contributed by atoms with Crippen molar-refractivity contribution in [2.45, 2.75) is 120 Å². The summed E-state index contributed by atoms with van der Waals surface area (Å²) in [4.78, 5) is 14.6. The summed E-state index contributed by atoms with van der Waals surface area (Å²) in [6.45, 7) is 17.6. The van der Waals surface area contributed by atoms with Crippen LogP contribution in [0.15, 0.2) is 134 Å². The van der Waals surface area contributed by atoms with Crippen molar-refractivity contribution < 1.29 is 53.0 Å².